The number of aromatic nitrogens is 1. The third-order valence-corrected chi connectivity index (χ3v) is 4.15. The zero-order valence-corrected chi connectivity index (χ0v) is 14.0. The number of pyridine rings is 1. The van der Waals surface area contributed by atoms with E-state index in [1.165, 1.54) is 82.0 Å². The third-order valence-electron chi connectivity index (χ3n) is 4.15. The number of unbranched alkanes of at least 4 members (excludes halogenated alkanes) is 9. The van der Waals surface area contributed by atoms with Crippen LogP contribution in [0.3, 0.4) is 0 Å². The maximum Gasteiger partial charge on any atom is 0.178 e. The lowest BCUT2D eigenvalue weighted by molar-refractivity contribution is -0.703. The Morgan fingerprint density at radius 3 is 1.90 bits per heavy atom. The highest BCUT2D eigenvalue weighted by Crippen LogP contribution is 2.10. The standard InChI is InChI=1S/C19H34N/c1-4-5-6-7-8-9-10-11-12-13-16-20-17-18(2)14-15-19(20)3/h14-15,17H,4-13,16H2,1-3H3/q+1. The molecule has 0 atom stereocenters. The van der Waals surface area contributed by atoms with Crippen LogP contribution in [0.15, 0.2) is 18.3 Å². The van der Waals surface area contributed by atoms with E-state index < -0.39 is 0 Å². The van der Waals surface area contributed by atoms with Gasteiger partial charge in [-0.3, -0.25) is 0 Å². The Morgan fingerprint density at radius 1 is 0.750 bits per heavy atom. The summed E-state index contributed by atoms with van der Waals surface area (Å²) in [7, 11) is 0. The second-order valence-electron chi connectivity index (χ2n) is 6.22. The molecule has 1 nitrogen and oxygen atoms in total. The topological polar surface area (TPSA) is 3.88 Å². The normalized spacial score (nSPS) is 10.9. The molecule has 1 heterocycles. The Balaban J connectivity index is 1.98. The number of hydrogen-bond acceptors (Lipinski definition) is 0. The highest BCUT2D eigenvalue weighted by atomic mass is 14.9. The van der Waals surface area contributed by atoms with E-state index in [1.54, 1.807) is 0 Å². The van der Waals surface area contributed by atoms with Gasteiger partial charge in [0.25, 0.3) is 0 Å². The van der Waals surface area contributed by atoms with Gasteiger partial charge in [0.1, 0.15) is 6.54 Å². The SMILES string of the molecule is CCCCCCCCCCCC[n+]1cc(C)ccc1C. The van der Waals surface area contributed by atoms with E-state index in [0.29, 0.717) is 0 Å². The lowest BCUT2D eigenvalue weighted by atomic mass is 10.1. The van der Waals surface area contributed by atoms with Crippen molar-refractivity contribution in [2.24, 2.45) is 0 Å². The molecule has 0 aliphatic heterocycles. The molecule has 114 valence electrons. The van der Waals surface area contributed by atoms with Gasteiger partial charge in [0.2, 0.25) is 0 Å². The molecule has 0 fully saturated rings. The Kier molecular flexibility index (Phi) is 9.36. The maximum absolute atomic E-state index is 2.40. The zero-order chi connectivity index (χ0) is 14.6. The summed E-state index contributed by atoms with van der Waals surface area (Å²) < 4.78 is 2.40. The minimum Gasteiger partial charge on any atom is -0.202 e. The molecular formula is C19H34N+. The quantitative estimate of drug-likeness (QED) is 0.370. The molecule has 0 saturated heterocycles. The van der Waals surface area contributed by atoms with Crippen molar-refractivity contribution in [3.63, 3.8) is 0 Å². The number of aryl methyl sites for hydroxylation is 3. The Hall–Kier alpha value is -0.850. The van der Waals surface area contributed by atoms with Crippen molar-refractivity contribution in [2.45, 2.75) is 91.5 Å². The fourth-order valence-electron chi connectivity index (χ4n) is 2.75. The van der Waals surface area contributed by atoms with Gasteiger partial charge in [0.15, 0.2) is 11.9 Å². The first-order chi connectivity index (χ1) is 9.74. The lowest BCUT2D eigenvalue weighted by Gasteiger charge is -2.03. The summed E-state index contributed by atoms with van der Waals surface area (Å²) in [6, 6.07) is 4.43. The monoisotopic (exact) mass is 276 g/mol. The summed E-state index contributed by atoms with van der Waals surface area (Å²) in [6.07, 6.45) is 16.4. The maximum atomic E-state index is 2.40. The smallest absolute Gasteiger partial charge is 0.178 e. The highest BCUT2D eigenvalue weighted by molar-refractivity contribution is 5.05. The van der Waals surface area contributed by atoms with Gasteiger partial charge < -0.3 is 0 Å². The summed E-state index contributed by atoms with van der Waals surface area (Å²) in [5.41, 5.74) is 2.74. The average Bonchev–Trinajstić information content (AvgIpc) is 2.44. The van der Waals surface area contributed by atoms with Crippen LogP contribution in [0.1, 0.15) is 82.4 Å². The van der Waals surface area contributed by atoms with Gasteiger partial charge in [0.05, 0.1) is 0 Å². The molecule has 0 saturated carbocycles. The molecule has 0 amide bonds. The van der Waals surface area contributed by atoms with Crippen LogP contribution in [0.2, 0.25) is 0 Å². The van der Waals surface area contributed by atoms with Crippen LogP contribution in [0.5, 0.6) is 0 Å². The molecule has 0 aliphatic carbocycles. The molecule has 0 radical (unpaired) electrons. The summed E-state index contributed by atoms with van der Waals surface area (Å²) in [5, 5.41) is 0. The number of hydrogen-bond donors (Lipinski definition) is 0. The average molecular weight is 276 g/mol. The molecular weight excluding hydrogens is 242 g/mol. The van der Waals surface area contributed by atoms with E-state index in [0.717, 1.165) is 0 Å². The van der Waals surface area contributed by atoms with Crippen molar-refractivity contribution in [1.29, 1.82) is 0 Å². The van der Waals surface area contributed by atoms with Gasteiger partial charge in [-0.1, -0.05) is 58.3 Å². The summed E-state index contributed by atoms with van der Waals surface area (Å²) >= 11 is 0. The van der Waals surface area contributed by atoms with Crippen LogP contribution < -0.4 is 4.57 Å². The van der Waals surface area contributed by atoms with Crippen LogP contribution in [-0.2, 0) is 6.54 Å². The Labute approximate surface area is 126 Å². The molecule has 1 rings (SSSR count). The predicted molar refractivity (Wildman–Crippen MR) is 88.0 cm³/mol. The van der Waals surface area contributed by atoms with E-state index in [9.17, 15) is 0 Å². The second kappa shape index (κ2) is 10.9. The van der Waals surface area contributed by atoms with Gasteiger partial charge >= 0.3 is 0 Å². The van der Waals surface area contributed by atoms with Gasteiger partial charge in [-0.05, 0) is 19.4 Å². The fraction of sp³-hybridized carbons (Fsp3) is 0.737. The van der Waals surface area contributed by atoms with E-state index in [1.807, 2.05) is 0 Å². The van der Waals surface area contributed by atoms with Crippen LogP contribution in [-0.4, -0.2) is 0 Å². The molecule has 20 heavy (non-hydrogen) atoms. The van der Waals surface area contributed by atoms with Crippen LogP contribution in [0.25, 0.3) is 0 Å². The zero-order valence-electron chi connectivity index (χ0n) is 14.0. The summed E-state index contributed by atoms with van der Waals surface area (Å²) in [4.78, 5) is 0. The van der Waals surface area contributed by atoms with Gasteiger partial charge in [-0.25, -0.2) is 4.57 Å². The number of nitrogens with zero attached hydrogens (tertiary/aromatic N) is 1. The largest absolute Gasteiger partial charge is 0.202 e. The lowest BCUT2D eigenvalue weighted by Crippen LogP contribution is -2.36. The molecule has 0 N–H and O–H groups in total. The van der Waals surface area contributed by atoms with Crippen molar-refractivity contribution in [1.82, 2.24) is 0 Å². The van der Waals surface area contributed by atoms with E-state index >= 15 is 0 Å². The second-order valence-corrected chi connectivity index (χ2v) is 6.22. The Morgan fingerprint density at radius 2 is 1.30 bits per heavy atom. The molecule has 0 aromatic carbocycles. The van der Waals surface area contributed by atoms with E-state index in [4.69, 9.17) is 0 Å². The Bertz CT molecular complexity index is 357. The van der Waals surface area contributed by atoms with Crippen molar-refractivity contribution in [3.8, 4) is 0 Å². The van der Waals surface area contributed by atoms with E-state index in [-0.39, 0.29) is 0 Å². The van der Waals surface area contributed by atoms with Crippen molar-refractivity contribution in [2.75, 3.05) is 0 Å². The molecule has 1 heteroatoms. The minimum absolute atomic E-state index is 1.18. The first-order valence-electron chi connectivity index (χ1n) is 8.70. The van der Waals surface area contributed by atoms with Gasteiger partial charge in [-0.15, -0.1) is 0 Å². The summed E-state index contributed by atoms with van der Waals surface area (Å²) in [6.45, 7) is 7.85. The highest BCUT2D eigenvalue weighted by Gasteiger charge is 2.05. The predicted octanol–water partition coefficient (Wildman–Crippen LogP) is 5.51. The number of rotatable bonds is 11. The molecule has 0 unspecified atom stereocenters. The molecule has 0 spiro atoms. The third kappa shape index (κ3) is 7.67. The summed E-state index contributed by atoms with van der Waals surface area (Å²) in [5.74, 6) is 0. The molecule has 1 aromatic heterocycles. The van der Waals surface area contributed by atoms with Gasteiger partial charge in [-0.2, -0.15) is 0 Å². The first-order valence-corrected chi connectivity index (χ1v) is 8.70. The van der Waals surface area contributed by atoms with Crippen molar-refractivity contribution < 1.29 is 4.57 Å². The van der Waals surface area contributed by atoms with E-state index in [2.05, 4.69) is 43.7 Å². The van der Waals surface area contributed by atoms with Crippen molar-refractivity contribution >= 4 is 0 Å². The molecule has 0 bridgehead atoms. The molecule has 0 aliphatic rings. The van der Waals surface area contributed by atoms with Crippen LogP contribution in [0, 0.1) is 13.8 Å². The van der Waals surface area contributed by atoms with Crippen LogP contribution >= 0.6 is 0 Å². The first kappa shape index (κ1) is 17.2. The van der Waals surface area contributed by atoms with Crippen LogP contribution in [0.4, 0.5) is 0 Å². The minimum atomic E-state index is 1.18. The van der Waals surface area contributed by atoms with Gasteiger partial charge in [0, 0.05) is 25.0 Å². The van der Waals surface area contributed by atoms with Crippen molar-refractivity contribution in [3.05, 3.63) is 29.6 Å². The fourth-order valence-corrected chi connectivity index (χ4v) is 2.75. The molecule has 1 aromatic rings.